The summed E-state index contributed by atoms with van der Waals surface area (Å²) in [6.45, 7) is 1.54. The zero-order valence-corrected chi connectivity index (χ0v) is 13.3. The molecule has 1 aliphatic carbocycles. The molecule has 0 amide bonds. The molecule has 0 saturated carbocycles. The molecule has 0 aliphatic heterocycles. The second kappa shape index (κ2) is 6.45. The summed E-state index contributed by atoms with van der Waals surface area (Å²) in [6, 6.07) is 4.16. The van der Waals surface area contributed by atoms with Crippen LogP contribution in [0, 0.1) is 0 Å². The summed E-state index contributed by atoms with van der Waals surface area (Å²) < 4.78 is 10.7. The fourth-order valence-corrected chi connectivity index (χ4v) is 3.99. The molecule has 0 unspecified atom stereocenters. The van der Waals surface area contributed by atoms with E-state index < -0.39 is 0 Å². The number of thiophene rings is 1. The maximum Gasteiger partial charge on any atom is 0.183 e. The monoisotopic (exact) mass is 304 g/mol. The first-order valence-corrected chi connectivity index (χ1v) is 8.00. The van der Waals surface area contributed by atoms with E-state index in [-0.39, 0.29) is 0 Å². The summed E-state index contributed by atoms with van der Waals surface area (Å²) in [7, 11) is 3.29. The van der Waals surface area contributed by atoms with Gasteiger partial charge >= 0.3 is 0 Å². The zero-order valence-electron chi connectivity index (χ0n) is 12.4. The molecule has 0 bridgehead atoms. The highest BCUT2D eigenvalue weighted by molar-refractivity contribution is 7.12. The first kappa shape index (κ1) is 14.4. The lowest BCUT2D eigenvalue weighted by Crippen LogP contribution is -2.14. The zero-order chi connectivity index (χ0) is 14.7. The molecule has 0 aromatic carbocycles. The van der Waals surface area contributed by atoms with E-state index in [1.807, 2.05) is 17.4 Å². The first-order chi connectivity index (χ1) is 10.3. The van der Waals surface area contributed by atoms with Gasteiger partial charge in [0.1, 0.15) is 0 Å². The Morgan fingerprint density at radius 2 is 2.14 bits per heavy atom. The number of pyridine rings is 1. The van der Waals surface area contributed by atoms with Gasteiger partial charge in [-0.25, -0.2) is 0 Å². The van der Waals surface area contributed by atoms with E-state index in [1.165, 1.54) is 24.1 Å². The third kappa shape index (κ3) is 3.04. The van der Waals surface area contributed by atoms with Crippen LogP contribution in [0.3, 0.4) is 0 Å². The van der Waals surface area contributed by atoms with Crippen LogP contribution in [0.5, 0.6) is 11.5 Å². The van der Waals surface area contributed by atoms with Crippen molar-refractivity contribution in [3.05, 3.63) is 39.3 Å². The van der Waals surface area contributed by atoms with E-state index in [1.54, 1.807) is 30.9 Å². The Bertz CT molecular complexity index is 603. The van der Waals surface area contributed by atoms with Crippen LogP contribution in [0.1, 0.15) is 27.4 Å². The number of rotatable bonds is 6. The van der Waals surface area contributed by atoms with Crippen LogP contribution >= 0.6 is 11.3 Å². The Morgan fingerprint density at radius 3 is 2.90 bits per heavy atom. The minimum absolute atomic E-state index is 0.670. The molecule has 0 atom stereocenters. The van der Waals surface area contributed by atoms with Crippen LogP contribution in [0.4, 0.5) is 0 Å². The van der Waals surface area contributed by atoms with Crippen LogP contribution in [0.15, 0.2) is 18.3 Å². The van der Waals surface area contributed by atoms with Gasteiger partial charge in [0.25, 0.3) is 0 Å². The van der Waals surface area contributed by atoms with E-state index in [9.17, 15) is 0 Å². The third-order valence-electron chi connectivity index (χ3n) is 3.76. The quantitative estimate of drug-likeness (QED) is 0.891. The number of hydrogen-bond acceptors (Lipinski definition) is 5. The predicted molar refractivity (Wildman–Crippen MR) is 84.2 cm³/mol. The van der Waals surface area contributed by atoms with Crippen LogP contribution in [0.25, 0.3) is 0 Å². The number of hydrogen-bond donors (Lipinski definition) is 1. The van der Waals surface area contributed by atoms with E-state index in [0.717, 1.165) is 18.0 Å². The van der Waals surface area contributed by atoms with Gasteiger partial charge in [0, 0.05) is 35.1 Å². The van der Waals surface area contributed by atoms with Gasteiger partial charge in [-0.1, -0.05) is 0 Å². The minimum Gasteiger partial charge on any atom is -0.493 e. The Balaban J connectivity index is 1.62. The molecular formula is C16H20N2O2S. The molecule has 21 heavy (non-hydrogen) atoms. The minimum atomic E-state index is 0.670. The van der Waals surface area contributed by atoms with Crippen molar-refractivity contribution >= 4 is 11.3 Å². The largest absolute Gasteiger partial charge is 0.493 e. The van der Waals surface area contributed by atoms with Crippen molar-refractivity contribution in [2.75, 3.05) is 14.2 Å². The van der Waals surface area contributed by atoms with Crippen LogP contribution in [0.2, 0.25) is 0 Å². The first-order valence-electron chi connectivity index (χ1n) is 7.19. The molecule has 0 radical (unpaired) electrons. The van der Waals surface area contributed by atoms with Crippen molar-refractivity contribution in [1.82, 2.24) is 10.3 Å². The number of aryl methyl sites for hydroxylation is 2. The van der Waals surface area contributed by atoms with Gasteiger partial charge in [-0.2, -0.15) is 0 Å². The second-order valence-electron chi connectivity index (χ2n) is 5.11. The standard InChI is InChI=1S/C16H20N2O2S/c1-19-14-6-7-18-13(16(14)20-2)10-17-9-12-8-11-4-3-5-15(11)21-12/h6-8,17H,3-5,9-10H2,1-2H3. The van der Waals surface area contributed by atoms with E-state index >= 15 is 0 Å². The molecular weight excluding hydrogens is 284 g/mol. The topological polar surface area (TPSA) is 43.4 Å². The SMILES string of the molecule is COc1ccnc(CNCc2cc3c(s2)CCC3)c1OC. The summed E-state index contributed by atoms with van der Waals surface area (Å²) in [6.07, 6.45) is 5.57. The number of nitrogens with zero attached hydrogens (tertiary/aromatic N) is 1. The van der Waals surface area contributed by atoms with Crippen molar-refractivity contribution in [2.45, 2.75) is 32.4 Å². The number of methoxy groups -OCH3 is 2. The van der Waals surface area contributed by atoms with Gasteiger partial charge < -0.3 is 14.8 Å². The molecule has 1 N–H and O–H groups in total. The molecule has 5 heteroatoms. The Morgan fingerprint density at radius 1 is 1.24 bits per heavy atom. The molecule has 3 rings (SSSR count). The fraction of sp³-hybridized carbons (Fsp3) is 0.438. The summed E-state index contributed by atoms with van der Waals surface area (Å²) in [4.78, 5) is 7.35. The fourth-order valence-electron chi connectivity index (χ4n) is 2.76. The molecule has 0 spiro atoms. The van der Waals surface area contributed by atoms with Crippen LogP contribution < -0.4 is 14.8 Å². The Labute approximate surface area is 129 Å². The lowest BCUT2D eigenvalue weighted by Gasteiger charge is -2.11. The van der Waals surface area contributed by atoms with E-state index in [0.29, 0.717) is 12.3 Å². The Hall–Kier alpha value is -1.59. The van der Waals surface area contributed by atoms with Crippen molar-refractivity contribution < 1.29 is 9.47 Å². The lowest BCUT2D eigenvalue weighted by molar-refractivity contribution is 0.348. The van der Waals surface area contributed by atoms with Gasteiger partial charge in [0.05, 0.1) is 19.9 Å². The summed E-state index contributed by atoms with van der Waals surface area (Å²) in [5.74, 6) is 1.43. The van der Waals surface area contributed by atoms with Gasteiger partial charge in [-0.3, -0.25) is 4.98 Å². The number of aromatic nitrogens is 1. The summed E-state index contributed by atoms with van der Waals surface area (Å²) in [5, 5.41) is 3.45. The van der Waals surface area contributed by atoms with Crippen LogP contribution in [-0.2, 0) is 25.9 Å². The average molecular weight is 304 g/mol. The molecule has 2 aromatic heterocycles. The van der Waals surface area contributed by atoms with Gasteiger partial charge in [-0.15, -0.1) is 11.3 Å². The highest BCUT2D eigenvalue weighted by Crippen LogP contribution is 2.31. The summed E-state index contributed by atoms with van der Waals surface area (Å²) >= 11 is 1.94. The molecule has 4 nitrogen and oxygen atoms in total. The van der Waals surface area contributed by atoms with Crippen molar-refractivity contribution in [3.63, 3.8) is 0 Å². The molecule has 112 valence electrons. The van der Waals surface area contributed by atoms with Gasteiger partial charge in [0.2, 0.25) is 0 Å². The maximum absolute atomic E-state index is 5.39. The molecule has 1 aliphatic rings. The van der Waals surface area contributed by atoms with Crippen molar-refractivity contribution in [1.29, 1.82) is 0 Å². The van der Waals surface area contributed by atoms with E-state index in [2.05, 4.69) is 16.4 Å². The molecule has 0 fully saturated rings. The maximum atomic E-state index is 5.39. The molecule has 0 saturated heterocycles. The smallest absolute Gasteiger partial charge is 0.183 e. The van der Waals surface area contributed by atoms with Gasteiger partial charge in [0.15, 0.2) is 11.5 Å². The van der Waals surface area contributed by atoms with Gasteiger partial charge in [-0.05, 0) is 30.9 Å². The van der Waals surface area contributed by atoms with Crippen LogP contribution in [-0.4, -0.2) is 19.2 Å². The van der Waals surface area contributed by atoms with Crippen molar-refractivity contribution in [3.8, 4) is 11.5 Å². The third-order valence-corrected chi connectivity index (χ3v) is 4.99. The van der Waals surface area contributed by atoms with E-state index in [4.69, 9.17) is 9.47 Å². The lowest BCUT2D eigenvalue weighted by atomic mass is 10.2. The molecule has 2 aromatic rings. The van der Waals surface area contributed by atoms with Crippen molar-refractivity contribution in [2.24, 2.45) is 0 Å². The average Bonchev–Trinajstić information content (AvgIpc) is 3.08. The summed E-state index contributed by atoms with van der Waals surface area (Å²) in [5.41, 5.74) is 2.43. The number of ether oxygens (including phenoxy) is 2. The molecule has 2 heterocycles. The number of fused-ring (bicyclic) bond motifs is 1. The highest BCUT2D eigenvalue weighted by Gasteiger charge is 2.15. The predicted octanol–water partition coefficient (Wildman–Crippen LogP) is 2.94. The second-order valence-corrected chi connectivity index (χ2v) is 6.33. The highest BCUT2D eigenvalue weighted by atomic mass is 32.1. The normalized spacial score (nSPS) is 13.2. The number of nitrogens with one attached hydrogen (secondary N) is 1. The Kier molecular flexibility index (Phi) is 4.41.